The highest BCUT2D eigenvalue weighted by atomic mass is 19.4. The van der Waals surface area contributed by atoms with Crippen LogP contribution < -0.4 is 15.4 Å². The molecule has 5 nitrogen and oxygen atoms in total. The minimum atomic E-state index is -4.18. The van der Waals surface area contributed by atoms with Crippen molar-refractivity contribution >= 4 is 5.96 Å². The van der Waals surface area contributed by atoms with Crippen LogP contribution in [0.1, 0.15) is 25.8 Å². The second kappa shape index (κ2) is 9.11. The van der Waals surface area contributed by atoms with E-state index in [1.807, 2.05) is 19.9 Å². The predicted molar refractivity (Wildman–Crippen MR) is 78.9 cm³/mol. The molecule has 8 heteroatoms. The van der Waals surface area contributed by atoms with Crippen molar-refractivity contribution in [2.75, 3.05) is 19.7 Å². The third-order valence-corrected chi connectivity index (χ3v) is 2.58. The fourth-order valence-corrected chi connectivity index (χ4v) is 1.64. The summed E-state index contributed by atoms with van der Waals surface area (Å²) in [4.78, 5) is 8.36. The lowest BCUT2D eigenvalue weighted by molar-refractivity contribution is -0.132. The van der Waals surface area contributed by atoms with Crippen LogP contribution in [0.25, 0.3) is 0 Å². The van der Waals surface area contributed by atoms with Crippen LogP contribution in [0.15, 0.2) is 23.3 Å². The normalized spacial score (nSPS) is 12.1. The second-order valence-electron chi connectivity index (χ2n) is 4.39. The highest BCUT2D eigenvalue weighted by Gasteiger charge is 2.26. The highest BCUT2D eigenvalue weighted by Crippen LogP contribution is 2.18. The smallest absolute Gasteiger partial charge is 0.390 e. The number of nitrogens with zero attached hydrogens (tertiary/aromatic N) is 2. The lowest BCUT2D eigenvalue weighted by Crippen LogP contribution is -2.38. The quantitative estimate of drug-likeness (QED) is 0.599. The molecule has 1 aromatic heterocycles. The van der Waals surface area contributed by atoms with Crippen molar-refractivity contribution < 1.29 is 17.9 Å². The number of aromatic nitrogens is 1. The molecule has 0 saturated heterocycles. The maximum Gasteiger partial charge on any atom is 0.390 e. The summed E-state index contributed by atoms with van der Waals surface area (Å²) in [6.45, 7) is 4.78. The molecule has 0 aromatic carbocycles. The summed E-state index contributed by atoms with van der Waals surface area (Å²) < 4.78 is 41.9. The first kappa shape index (κ1) is 18.1. The molecule has 0 saturated carbocycles. The molecule has 2 N–H and O–H groups in total. The van der Waals surface area contributed by atoms with E-state index in [0.29, 0.717) is 25.0 Å². The first-order valence-electron chi connectivity index (χ1n) is 7.12. The number of alkyl halides is 3. The van der Waals surface area contributed by atoms with Crippen LogP contribution in [0.3, 0.4) is 0 Å². The summed E-state index contributed by atoms with van der Waals surface area (Å²) in [5, 5.41) is 5.56. The van der Waals surface area contributed by atoms with Gasteiger partial charge in [0.05, 0.1) is 19.6 Å². The Labute approximate surface area is 128 Å². The number of aliphatic imine (C=N–C) groups is 1. The minimum absolute atomic E-state index is 0.222. The summed E-state index contributed by atoms with van der Waals surface area (Å²) in [6.07, 6.45) is -3.48. The summed E-state index contributed by atoms with van der Waals surface area (Å²) in [6, 6.07) is 3.58. The molecule has 0 unspecified atom stereocenters. The van der Waals surface area contributed by atoms with E-state index in [2.05, 4.69) is 20.6 Å². The van der Waals surface area contributed by atoms with Crippen molar-refractivity contribution in [1.29, 1.82) is 0 Å². The van der Waals surface area contributed by atoms with Gasteiger partial charge in [0.25, 0.3) is 0 Å². The molecule has 0 aliphatic carbocycles. The van der Waals surface area contributed by atoms with Crippen LogP contribution in [0, 0.1) is 0 Å². The van der Waals surface area contributed by atoms with Gasteiger partial charge in [0.15, 0.2) is 5.96 Å². The molecule has 124 valence electrons. The Hall–Kier alpha value is -1.99. The van der Waals surface area contributed by atoms with E-state index in [9.17, 15) is 13.2 Å². The number of pyridine rings is 1. The molecular weight excluding hydrogens is 297 g/mol. The SMILES string of the molecule is CCNC(=NCc1cccnc1OCC)NCCC(F)(F)F. The number of rotatable bonds is 7. The summed E-state index contributed by atoms with van der Waals surface area (Å²) in [7, 11) is 0. The number of hydrogen-bond acceptors (Lipinski definition) is 3. The lowest BCUT2D eigenvalue weighted by atomic mass is 10.3. The maximum atomic E-state index is 12.2. The van der Waals surface area contributed by atoms with Crippen molar-refractivity contribution in [3.8, 4) is 5.88 Å². The standard InChI is InChI=1S/C14H21F3N4O/c1-3-18-13(20-9-7-14(15,16)17)21-10-11-6-5-8-19-12(11)22-4-2/h5-6,8H,3-4,7,9-10H2,1-2H3,(H2,18,20,21). The molecule has 0 amide bonds. The van der Waals surface area contributed by atoms with Crippen molar-refractivity contribution in [3.63, 3.8) is 0 Å². The van der Waals surface area contributed by atoms with Crippen LogP contribution >= 0.6 is 0 Å². The molecular formula is C14H21F3N4O. The van der Waals surface area contributed by atoms with E-state index in [1.165, 1.54) is 0 Å². The molecule has 1 rings (SSSR count). The number of halogens is 3. The predicted octanol–water partition coefficient (Wildman–Crippen LogP) is 2.49. The van der Waals surface area contributed by atoms with Crippen molar-refractivity contribution in [1.82, 2.24) is 15.6 Å². The molecule has 1 aromatic rings. The monoisotopic (exact) mass is 318 g/mol. The lowest BCUT2D eigenvalue weighted by Gasteiger charge is -2.13. The number of ether oxygens (including phenoxy) is 1. The Morgan fingerprint density at radius 2 is 2.09 bits per heavy atom. The van der Waals surface area contributed by atoms with Crippen LogP contribution in [0.2, 0.25) is 0 Å². The van der Waals surface area contributed by atoms with Gasteiger partial charge in [0.2, 0.25) is 5.88 Å². The molecule has 0 atom stereocenters. The Morgan fingerprint density at radius 1 is 1.32 bits per heavy atom. The van der Waals surface area contributed by atoms with E-state index in [1.54, 1.807) is 12.3 Å². The largest absolute Gasteiger partial charge is 0.478 e. The van der Waals surface area contributed by atoms with E-state index in [4.69, 9.17) is 4.74 Å². The van der Waals surface area contributed by atoms with E-state index < -0.39 is 12.6 Å². The van der Waals surface area contributed by atoms with E-state index >= 15 is 0 Å². The summed E-state index contributed by atoms with van der Waals surface area (Å²) >= 11 is 0. The van der Waals surface area contributed by atoms with Gasteiger partial charge in [-0.05, 0) is 19.9 Å². The van der Waals surface area contributed by atoms with Crippen LogP contribution in [0.5, 0.6) is 5.88 Å². The Kier molecular flexibility index (Phi) is 7.48. The van der Waals surface area contributed by atoms with Gasteiger partial charge in [0.1, 0.15) is 0 Å². The summed E-state index contributed by atoms with van der Waals surface area (Å²) in [5.41, 5.74) is 0.775. The number of nitrogens with one attached hydrogen (secondary N) is 2. The van der Waals surface area contributed by atoms with Gasteiger partial charge in [-0.2, -0.15) is 13.2 Å². The fourth-order valence-electron chi connectivity index (χ4n) is 1.64. The maximum absolute atomic E-state index is 12.2. The molecule has 0 aliphatic heterocycles. The van der Waals surface area contributed by atoms with Gasteiger partial charge in [-0.15, -0.1) is 0 Å². The fraction of sp³-hybridized carbons (Fsp3) is 0.571. The molecule has 0 radical (unpaired) electrons. The molecule has 0 spiro atoms. The third kappa shape index (κ3) is 7.14. The number of hydrogen-bond donors (Lipinski definition) is 2. The summed E-state index contributed by atoms with van der Waals surface area (Å²) in [5.74, 6) is 0.818. The van der Waals surface area contributed by atoms with Crippen molar-refractivity contribution in [2.45, 2.75) is 33.0 Å². The third-order valence-electron chi connectivity index (χ3n) is 2.58. The zero-order chi connectivity index (χ0) is 16.4. The zero-order valence-corrected chi connectivity index (χ0v) is 12.7. The van der Waals surface area contributed by atoms with Gasteiger partial charge in [-0.3, -0.25) is 0 Å². The first-order chi connectivity index (χ1) is 10.5. The van der Waals surface area contributed by atoms with Crippen molar-refractivity contribution in [3.05, 3.63) is 23.9 Å². The van der Waals surface area contributed by atoms with Crippen LogP contribution in [0.4, 0.5) is 13.2 Å². The van der Waals surface area contributed by atoms with Gasteiger partial charge < -0.3 is 15.4 Å². The van der Waals surface area contributed by atoms with E-state index in [0.717, 1.165) is 5.56 Å². The zero-order valence-electron chi connectivity index (χ0n) is 12.7. The second-order valence-corrected chi connectivity index (χ2v) is 4.39. The Balaban J connectivity index is 2.65. The number of guanidine groups is 1. The van der Waals surface area contributed by atoms with Gasteiger partial charge in [-0.25, -0.2) is 9.98 Å². The molecule has 1 heterocycles. The molecule has 0 fully saturated rings. The topological polar surface area (TPSA) is 58.5 Å². The minimum Gasteiger partial charge on any atom is -0.478 e. The first-order valence-corrected chi connectivity index (χ1v) is 7.12. The average molecular weight is 318 g/mol. The van der Waals surface area contributed by atoms with E-state index in [-0.39, 0.29) is 13.1 Å². The van der Waals surface area contributed by atoms with Gasteiger partial charge >= 0.3 is 6.18 Å². The Bertz CT molecular complexity index is 477. The molecule has 0 aliphatic rings. The van der Waals surface area contributed by atoms with Crippen LogP contribution in [-0.2, 0) is 6.54 Å². The highest BCUT2D eigenvalue weighted by molar-refractivity contribution is 5.79. The average Bonchev–Trinajstić information content (AvgIpc) is 2.45. The van der Waals surface area contributed by atoms with Gasteiger partial charge in [-0.1, -0.05) is 6.07 Å². The molecule has 0 bridgehead atoms. The van der Waals surface area contributed by atoms with Crippen LogP contribution in [-0.4, -0.2) is 36.8 Å². The van der Waals surface area contributed by atoms with Gasteiger partial charge in [0, 0.05) is 24.8 Å². The Morgan fingerprint density at radius 3 is 2.73 bits per heavy atom. The molecule has 22 heavy (non-hydrogen) atoms. The van der Waals surface area contributed by atoms with Crippen molar-refractivity contribution in [2.24, 2.45) is 4.99 Å².